The van der Waals surface area contributed by atoms with Crippen molar-refractivity contribution in [2.45, 2.75) is 19.5 Å². The summed E-state index contributed by atoms with van der Waals surface area (Å²) in [7, 11) is -0.382. The smallest absolute Gasteiger partial charge is 0.331 e. The van der Waals surface area contributed by atoms with Crippen molar-refractivity contribution in [3.05, 3.63) is 51.0 Å². The molecule has 1 aromatic carbocycles. The van der Waals surface area contributed by atoms with Crippen LogP contribution in [0.1, 0.15) is 18.5 Å². The molecule has 3 aromatic rings. The van der Waals surface area contributed by atoms with E-state index in [-0.39, 0.29) is 11.4 Å². The fourth-order valence-corrected chi connectivity index (χ4v) is 4.82. The molecule has 0 saturated carbocycles. The summed E-state index contributed by atoms with van der Waals surface area (Å²) in [5, 5.41) is 0. The molecule has 0 unspecified atom stereocenters. The van der Waals surface area contributed by atoms with E-state index in [0.29, 0.717) is 52.5 Å². The molecule has 0 spiro atoms. The molecule has 0 aliphatic carbocycles. The Morgan fingerprint density at radius 1 is 1.19 bits per heavy atom. The number of halogens is 1. The molecule has 0 bridgehead atoms. The van der Waals surface area contributed by atoms with Gasteiger partial charge in [-0.15, -0.1) is 0 Å². The van der Waals surface area contributed by atoms with Crippen molar-refractivity contribution in [2.75, 3.05) is 39.4 Å². The lowest BCUT2D eigenvalue weighted by molar-refractivity contribution is 0.187. The predicted molar refractivity (Wildman–Crippen MR) is 126 cm³/mol. The van der Waals surface area contributed by atoms with Gasteiger partial charge < -0.3 is 14.2 Å². The number of sulfone groups is 1. The molecule has 174 valence electrons. The second kappa shape index (κ2) is 10.1. The predicted octanol–water partition coefficient (Wildman–Crippen LogP) is 2.65. The van der Waals surface area contributed by atoms with Gasteiger partial charge in [-0.1, -0.05) is 6.07 Å². The SMILES string of the molecule is CCOc1cc([C@@H](CS(C)(=O)=O)n2c(=O)n(CCOC)c3cc(Br)cnc32)ccc1OC. The van der Waals surface area contributed by atoms with Gasteiger partial charge in [0.25, 0.3) is 0 Å². The van der Waals surface area contributed by atoms with E-state index >= 15 is 0 Å². The van der Waals surface area contributed by atoms with E-state index in [4.69, 9.17) is 14.2 Å². The summed E-state index contributed by atoms with van der Waals surface area (Å²) in [6.07, 6.45) is 2.72. The first kappa shape index (κ1) is 24.3. The van der Waals surface area contributed by atoms with E-state index in [1.54, 1.807) is 42.1 Å². The van der Waals surface area contributed by atoms with E-state index in [1.807, 2.05) is 6.92 Å². The van der Waals surface area contributed by atoms with Gasteiger partial charge in [0.05, 0.1) is 44.2 Å². The Morgan fingerprint density at radius 2 is 1.94 bits per heavy atom. The second-order valence-corrected chi connectivity index (χ2v) is 10.3. The van der Waals surface area contributed by atoms with Gasteiger partial charge >= 0.3 is 5.69 Å². The summed E-state index contributed by atoms with van der Waals surface area (Å²) < 4.78 is 44.6. The molecule has 32 heavy (non-hydrogen) atoms. The Kier molecular flexibility index (Phi) is 7.63. The van der Waals surface area contributed by atoms with Crippen molar-refractivity contribution in [2.24, 2.45) is 0 Å². The number of methoxy groups -OCH3 is 2. The molecule has 1 atom stereocenters. The molecule has 2 aromatic heterocycles. The number of imidazole rings is 1. The molecule has 0 fully saturated rings. The zero-order valence-electron chi connectivity index (χ0n) is 18.4. The highest BCUT2D eigenvalue weighted by Gasteiger charge is 2.27. The topological polar surface area (TPSA) is 102 Å². The van der Waals surface area contributed by atoms with Crippen LogP contribution >= 0.6 is 15.9 Å². The minimum absolute atomic E-state index is 0.286. The first-order valence-electron chi connectivity index (χ1n) is 9.93. The number of ether oxygens (including phenoxy) is 3. The van der Waals surface area contributed by atoms with Crippen LogP contribution in [0.25, 0.3) is 11.2 Å². The third kappa shape index (κ3) is 5.16. The monoisotopic (exact) mass is 527 g/mol. The number of benzene rings is 1. The van der Waals surface area contributed by atoms with E-state index < -0.39 is 15.9 Å². The lowest BCUT2D eigenvalue weighted by Crippen LogP contribution is -2.32. The number of aromatic nitrogens is 3. The third-order valence-corrected chi connectivity index (χ3v) is 6.29. The maximum absolute atomic E-state index is 13.5. The summed E-state index contributed by atoms with van der Waals surface area (Å²) in [4.78, 5) is 17.9. The molecule has 0 amide bonds. The molecule has 0 saturated heterocycles. The molecule has 0 aliphatic heterocycles. The Balaban J connectivity index is 2.29. The minimum Gasteiger partial charge on any atom is -0.493 e. The van der Waals surface area contributed by atoms with Crippen LogP contribution in [0.3, 0.4) is 0 Å². The highest BCUT2D eigenvalue weighted by Crippen LogP contribution is 2.33. The van der Waals surface area contributed by atoms with Crippen molar-refractivity contribution in [3.8, 4) is 11.5 Å². The normalized spacial score (nSPS) is 12.8. The molecule has 0 radical (unpaired) electrons. The van der Waals surface area contributed by atoms with Crippen molar-refractivity contribution in [1.82, 2.24) is 14.1 Å². The largest absolute Gasteiger partial charge is 0.493 e. The highest BCUT2D eigenvalue weighted by molar-refractivity contribution is 9.10. The lowest BCUT2D eigenvalue weighted by Gasteiger charge is -2.20. The average Bonchev–Trinajstić information content (AvgIpc) is 3.00. The number of rotatable bonds is 10. The molecule has 3 rings (SSSR count). The number of hydrogen-bond acceptors (Lipinski definition) is 7. The summed E-state index contributed by atoms with van der Waals surface area (Å²) in [6.45, 7) is 2.87. The van der Waals surface area contributed by atoms with Crippen molar-refractivity contribution in [1.29, 1.82) is 0 Å². The standard InChI is InChI=1S/C21H26BrN3O6S/c1-5-31-19-10-14(6-7-18(19)30-3)17(13-32(4,27)28)25-20-16(11-15(22)12-23-20)24(21(25)26)8-9-29-2/h6-7,10-12,17H,5,8-9,13H2,1-4H3/t17-/m1/s1. The first-order chi connectivity index (χ1) is 15.2. The Morgan fingerprint density at radius 3 is 2.56 bits per heavy atom. The van der Waals surface area contributed by atoms with Crippen molar-refractivity contribution < 1.29 is 22.6 Å². The average molecular weight is 528 g/mol. The quantitative estimate of drug-likeness (QED) is 0.399. The number of pyridine rings is 1. The van der Waals surface area contributed by atoms with Crippen LogP contribution < -0.4 is 15.2 Å². The zero-order chi connectivity index (χ0) is 23.5. The highest BCUT2D eigenvalue weighted by atomic mass is 79.9. The van der Waals surface area contributed by atoms with Crippen LogP contribution in [0.4, 0.5) is 0 Å². The number of hydrogen-bond donors (Lipinski definition) is 0. The molecule has 0 aliphatic rings. The van der Waals surface area contributed by atoms with E-state index in [9.17, 15) is 13.2 Å². The van der Waals surface area contributed by atoms with E-state index in [2.05, 4.69) is 20.9 Å². The molecule has 2 heterocycles. The summed E-state index contributed by atoms with van der Waals surface area (Å²) in [5.41, 5.74) is 1.19. The van der Waals surface area contributed by atoms with Crippen molar-refractivity contribution >= 4 is 36.9 Å². The van der Waals surface area contributed by atoms with Gasteiger partial charge in [-0.3, -0.25) is 9.13 Å². The zero-order valence-corrected chi connectivity index (χ0v) is 20.8. The van der Waals surface area contributed by atoms with Gasteiger partial charge in [0.1, 0.15) is 9.84 Å². The van der Waals surface area contributed by atoms with Gasteiger partial charge in [0.15, 0.2) is 17.1 Å². The fourth-order valence-electron chi connectivity index (χ4n) is 3.58. The van der Waals surface area contributed by atoms with Crippen LogP contribution in [0.2, 0.25) is 0 Å². The van der Waals surface area contributed by atoms with Crippen LogP contribution in [-0.2, 0) is 21.1 Å². The lowest BCUT2D eigenvalue weighted by atomic mass is 10.1. The molecule has 0 N–H and O–H groups in total. The summed E-state index contributed by atoms with van der Waals surface area (Å²) in [6, 6.07) is 6.12. The van der Waals surface area contributed by atoms with Gasteiger partial charge in [-0.25, -0.2) is 18.2 Å². The Bertz CT molecular complexity index is 1270. The van der Waals surface area contributed by atoms with E-state index in [1.165, 1.54) is 11.7 Å². The summed E-state index contributed by atoms with van der Waals surface area (Å²) in [5.74, 6) is 0.704. The van der Waals surface area contributed by atoms with Gasteiger partial charge in [0.2, 0.25) is 0 Å². The first-order valence-corrected chi connectivity index (χ1v) is 12.8. The van der Waals surface area contributed by atoms with Gasteiger partial charge in [-0.2, -0.15) is 0 Å². The molecule has 11 heteroatoms. The maximum Gasteiger partial charge on any atom is 0.331 e. The fraction of sp³-hybridized carbons (Fsp3) is 0.429. The van der Waals surface area contributed by atoms with Crippen molar-refractivity contribution in [3.63, 3.8) is 0 Å². The Labute approximate surface area is 195 Å². The van der Waals surface area contributed by atoms with Crippen LogP contribution in [0.15, 0.2) is 39.7 Å². The maximum atomic E-state index is 13.5. The van der Waals surface area contributed by atoms with E-state index in [0.717, 1.165) is 6.26 Å². The number of nitrogens with zero attached hydrogens (tertiary/aromatic N) is 3. The number of fused-ring (bicyclic) bond motifs is 1. The molecule has 9 nitrogen and oxygen atoms in total. The summed E-state index contributed by atoms with van der Waals surface area (Å²) >= 11 is 3.40. The Hall–Kier alpha value is -2.37. The molecular formula is C21H26BrN3O6S. The van der Waals surface area contributed by atoms with Crippen LogP contribution in [-0.4, -0.2) is 62.0 Å². The minimum atomic E-state index is -3.46. The molecular weight excluding hydrogens is 502 g/mol. The van der Waals surface area contributed by atoms with Gasteiger partial charge in [-0.05, 0) is 46.6 Å². The third-order valence-electron chi connectivity index (χ3n) is 4.93. The van der Waals surface area contributed by atoms with Gasteiger partial charge in [0, 0.05) is 24.0 Å². The van der Waals surface area contributed by atoms with Crippen LogP contribution in [0, 0.1) is 0 Å². The van der Waals surface area contributed by atoms with Crippen LogP contribution in [0.5, 0.6) is 11.5 Å². The second-order valence-electron chi connectivity index (χ2n) is 7.24.